The summed E-state index contributed by atoms with van der Waals surface area (Å²) in [7, 11) is 6.70. The van der Waals surface area contributed by atoms with Crippen molar-refractivity contribution in [2.75, 3.05) is 54.6 Å². The largest absolute Gasteiger partial charge is 0.493 e. The van der Waals surface area contributed by atoms with Crippen LogP contribution in [-0.2, 0) is 13.0 Å². The van der Waals surface area contributed by atoms with Crippen molar-refractivity contribution in [1.82, 2.24) is 20.0 Å². The van der Waals surface area contributed by atoms with Gasteiger partial charge in [0.25, 0.3) is 0 Å². The molecular formula is C32H39ClN4O4. The number of nitrogens with zero attached hydrogens (tertiary/aromatic N) is 3. The fourth-order valence-electron chi connectivity index (χ4n) is 5.89. The van der Waals surface area contributed by atoms with E-state index in [-0.39, 0.29) is 6.04 Å². The van der Waals surface area contributed by atoms with Crippen LogP contribution in [0.2, 0.25) is 5.02 Å². The number of halogens is 1. The molecule has 41 heavy (non-hydrogen) atoms. The summed E-state index contributed by atoms with van der Waals surface area (Å²) in [6.07, 6.45) is 3.76. The molecule has 1 atom stereocenters. The predicted molar refractivity (Wildman–Crippen MR) is 163 cm³/mol. The molecule has 0 amide bonds. The first-order chi connectivity index (χ1) is 20.0. The fraction of sp³-hybridized carbons (Fsp3) is 0.406. The minimum absolute atomic E-state index is 0.0989. The lowest BCUT2D eigenvalue weighted by Gasteiger charge is -2.36. The third kappa shape index (κ3) is 5.96. The monoisotopic (exact) mass is 578 g/mol. The summed E-state index contributed by atoms with van der Waals surface area (Å²) in [6.45, 7) is 6.45. The van der Waals surface area contributed by atoms with Crippen molar-refractivity contribution in [2.45, 2.75) is 32.4 Å². The van der Waals surface area contributed by atoms with Crippen LogP contribution in [0.1, 0.15) is 34.7 Å². The van der Waals surface area contributed by atoms with Gasteiger partial charge in [0.2, 0.25) is 0 Å². The van der Waals surface area contributed by atoms with Crippen LogP contribution in [0.15, 0.2) is 48.7 Å². The number of hydrogen-bond acceptors (Lipinski definition) is 7. The van der Waals surface area contributed by atoms with Crippen molar-refractivity contribution in [3.63, 3.8) is 0 Å². The molecule has 1 aromatic heterocycles. The zero-order valence-electron chi connectivity index (χ0n) is 24.5. The molecule has 1 unspecified atom stereocenters. The summed E-state index contributed by atoms with van der Waals surface area (Å²) in [5.41, 5.74) is 5.56. The Balaban J connectivity index is 1.59. The van der Waals surface area contributed by atoms with Crippen LogP contribution in [0.4, 0.5) is 0 Å². The number of hydrogen-bond donors (Lipinski definition) is 1. The molecule has 1 N–H and O–H groups in total. The Hall–Kier alpha value is -3.46. The van der Waals surface area contributed by atoms with Crippen LogP contribution in [0.3, 0.4) is 0 Å². The first-order valence-corrected chi connectivity index (χ1v) is 14.4. The Morgan fingerprint density at radius 3 is 2.39 bits per heavy atom. The quantitative estimate of drug-likeness (QED) is 0.246. The molecule has 0 spiro atoms. The van der Waals surface area contributed by atoms with Crippen LogP contribution < -0.4 is 24.3 Å². The predicted octanol–water partition coefficient (Wildman–Crippen LogP) is 5.66. The Morgan fingerprint density at radius 2 is 1.68 bits per heavy atom. The molecule has 5 rings (SSSR count). The van der Waals surface area contributed by atoms with Gasteiger partial charge in [0.15, 0.2) is 23.0 Å². The lowest BCUT2D eigenvalue weighted by molar-refractivity contribution is 0.163. The first kappa shape index (κ1) is 29.0. The number of rotatable bonds is 11. The van der Waals surface area contributed by atoms with Gasteiger partial charge in [-0.15, -0.1) is 0 Å². The zero-order chi connectivity index (χ0) is 28.9. The molecule has 4 aromatic rings. The van der Waals surface area contributed by atoms with Crippen LogP contribution in [0.5, 0.6) is 23.0 Å². The molecule has 1 aliphatic rings. The molecule has 0 saturated carbocycles. The molecule has 0 aliphatic carbocycles. The highest BCUT2D eigenvalue weighted by Crippen LogP contribution is 2.44. The Bertz CT molecular complexity index is 1500. The molecule has 2 heterocycles. The standard InChI is InChI=1S/C32H39ClN4O4/c1-21-23(7-6-8-25(21)33)10-11-26(36-15-13-34-14-16-36)31-24-19-35-37(27(24)18-30(40-4)32(31)41-5)20-22-9-12-28(38-2)29(17-22)39-3/h6-9,12,17-19,26,34H,10-11,13-16,20H2,1-5H3. The lowest BCUT2D eigenvalue weighted by atomic mass is 9.92. The summed E-state index contributed by atoms with van der Waals surface area (Å²) >= 11 is 6.48. The minimum Gasteiger partial charge on any atom is -0.493 e. The Morgan fingerprint density at radius 1 is 0.927 bits per heavy atom. The first-order valence-electron chi connectivity index (χ1n) is 14.0. The van der Waals surface area contributed by atoms with Gasteiger partial charge in [-0.3, -0.25) is 9.58 Å². The molecular weight excluding hydrogens is 540 g/mol. The molecule has 8 nitrogen and oxygen atoms in total. The second-order valence-electron chi connectivity index (χ2n) is 10.3. The number of nitrogens with one attached hydrogen (secondary N) is 1. The topological polar surface area (TPSA) is 70.0 Å². The molecule has 0 bridgehead atoms. The van der Waals surface area contributed by atoms with Crippen molar-refractivity contribution >= 4 is 22.5 Å². The smallest absolute Gasteiger partial charge is 0.166 e. The molecule has 1 aliphatic heterocycles. The second kappa shape index (κ2) is 13.0. The van der Waals surface area contributed by atoms with Gasteiger partial charge in [0.1, 0.15) is 0 Å². The van der Waals surface area contributed by atoms with Gasteiger partial charge in [-0.05, 0) is 54.7 Å². The van der Waals surface area contributed by atoms with E-state index in [4.69, 9.17) is 35.6 Å². The highest BCUT2D eigenvalue weighted by atomic mass is 35.5. The lowest BCUT2D eigenvalue weighted by Crippen LogP contribution is -2.45. The van der Waals surface area contributed by atoms with Gasteiger partial charge >= 0.3 is 0 Å². The van der Waals surface area contributed by atoms with E-state index in [0.717, 1.165) is 77.4 Å². The third-order valence-corrected chi connectivity index (χ3v) is 8.51. The van der Waals surface area contributed by atoms with Crippen LogP contribution >= 0.6 is 11.6 Å². The Kier molecular flexibility index (Phi) is 9.22. The molecule has 1 saturated heterocycles. The Labute approximate surface area is 247 Å². The van der Waals surface area contributed by atoms with Gasteiger partial charge in [0.05, 0.1) is 46.7 Å². The maximum atomic E-state index is 6.48. The van der Waals surface area contributed by atoms with Gasteiger partial charge in [-0.1, -0.05) is 29.8 Å². The number of fused-ring (bicyclic) bond motifs is 1. The van der Waals surface area contributed by atoms with E-state index in [1.54, 1.807) is 28.4 Å². The average molecular weight is 579 g/mol. The molecule has 9 heteroatoms. The van der Waals surface area contributed by atoms with Gasteiger partial charge in [0, 0.05) is 54.3 Å². The van der Waals surface area contributed by atoms with E-state index in [2.05, 4.69) is 23.2 Å². The van der Waals surface area contributed by atoms with Crippen molar-refractivity contribution in [3.05, 3.63) is 75.9 Å². The second-order valence-corrected chi connectivity index (χ2v) is 10.7. The zero-order valence-corrected chi connectivity index (χ0v) is 25.3. The van der Waals surface area contributed by atoms with E-state index in [0.29, 0.717) is 23.8 Å². The maximum Gasteiger partial charge on any atom is 0.166 e. The molecule has 3 aromatic carbocycles. The van der Waals surface area contributed by atoms with Gasteiger partial charge in [-0.2, -0.15) is 5.10 Å². The van der Waals surface area contributed by atoms with Crippen LogP contribution in [0.25, 0.3) is 10.9 Å². The third-order valence-electron chi connectivity index (χ3n) is 8.10. The van der Waals surface area contributed by atoms with Crippen molar-refractivity contribution in [1.29, 1.82) is 0 Å². The van der Waals surface area contributed by atoms with Crippen molar-refractivity contribution in [3.8, 4) is 23.0 Å². The maximum absolute atomic E-state index is 6.48. The number of aryl methyl sites for hydroxylation is 1. The van der Waals surface area contributed by atoms with E-state index in [1.165, 1.54) is 5.56 Å². The van der Waals surface area contributed by atoms with Crippen LogP contribution in [-0.4, -0.2) is 69.3 Å². The van der Waals surface area contributed by atoms with Gasteiger partial charge in [-0.25, -0.2) is 0 Å². The number of methoxy groups -OCH3 is 4. The van der Waals surface area contributed by atoms with Crippen molar-refractivity contribution < 1.29 is 18.9 Å². The summed E-state index contributed by atoms with van der Waals surface area (Å²) in [5, 5.41) is 10.2. The summed E-state index contributed by atoms with van der Waals surface area (Å²) in [5.74, 6) is 2.85. The van der Waals surface area contributed by atoms with Crippen molar-refractivity contribution in [2.24, 2.45) is 0 Å². The number of aromatic nitrogens is 2. The molecule has 218 valence electrons. The SMILES string of the molecule is COc1ccc(Cn2ncc3c(C(CCc4cccc(Cl)c4C)N4CCNCC4)c(OC)c(OC)cc32)cc1OC. The summed E-state index contributed by atoms with van der Waals surface area (Å²) in [6, 6.07) is 14.2. The number of ether oxygens (including phenoxy) is 4. The summed E-state index contributed by atoms with van der Waals surface area (Å²) < 4.78 is 25.0. The molecule has 0 radical (unpaired) electrons. The van der Waals surface area contributed by atoms with E-state index in [1.807, 2.05) is 47.3 Å². The highest BCUT2D eigenvalue weighted by Gasteiger charge is 2.30. The average Bonchev–Trinajstić information content (AvgIpc) is 3.41. The summed E-state index contributed by atoms with van der Waals surface area (Å²) in [4.78, 5) is 2.55. The van der Waals surface area contributed by atoms with E-state index >= 15 is 0 Å². The molecule has 1 fully saturated rings. The van der Waals surface area contributed by atoms with Gasteiger partial charge < -0.3 is 24.3 Å². The number of benzene rings is 3. The van der Waals surface area contributed by atoms with Crippen LogP contribution in [0, 0.1) is 6.92 Å². The minimum atomic E-state index is 0.0989. The van der Waals surface area contributed by atoms with E-state index in [9.17, 15) is 0 Å². The number of piperazine rings is 1. The van der Waals surface area contributed by atoms with E-state index < -0.39 is 0 Å². The normalized spacial score (nSPS) is 14.7. The fourth-order valence-corrected chi connectivity index (χ4v) is 6.08. The highest BCUT2D eigenvalue weighted by molar-refractivity contribution is 6.31.